The largest absolute Gasteiger partial charge is 0.495 e. The van der Waals surface area contributed by atoms with E-state index in [0.29, 0.717) is 24.4 Å². The molecule has 3 unspecified atom stereocenters. The van der Waals surface area contributed by atoms with Crippen LogP contribution < -0.4 is 26.4 Å². The van der Waals surface area contributed by atoms with Crippen molar-refractivity contribution in [3.8, 4) is 16.2 Å². The van der Waals surface area contributed by atoms with Crippen molar-refractivity contribution in [2.45, 2.75) is 45.6 Å². The van der Waals surface area contributed by atoms with E-state index in [1.165, 1.54) is 11.9 Å². The summed E-state index contributed by atoms with van der Waals surface area (Å²) in [5, 5.41) is 16.5. The molecule has 8 nitrogen and oxygen atoms in total. The Kier molecular flexibility index (Phi) is 5.50. The van der Waals surface area contributed by atoms with Gasteiger partial charge in [-0.3, -0.25) is 10.6 Å². The minimum atomic E-state index is 0.170. The normalized spacial score (nSPS) is 21.4. The van der Waals surface area contributed by atoms with Crippen LogP contribution in [-0.2, 0) is 6.54 Å². The quantitative estimate of drug-likeness (QED) is 0.370. The topological polar surface area (TPSA) is 102 Å². The monoisotopic (exact) mass is 451 g/mol. The number of benzene rings is 1. The minimum absolute atomic E-state index is 0.170. The molecule has 0 amide bonds. The molecule has 168 valence electrons. The second kappa shape index (κ2) is 8.32. The number of hydrogen-bond acceptors (Lipinski definition) is 8. The average Bonchev–Trinajstić information content (AvgIpc) is 3.36. The SMILES string of the molecule is COc1cc(C)cc2cc(-c3cc(CNC4NC(C)CNC4C)n4ncnc(N)c34)sc12. The third kappa shape index (κ3) is 3.71. The van der Waals surface area contributed by atoms with Crippen LogP contribution in [0.4, 0.5) is 5.82 Å². The zero-order valence-corrected chi connectivity index (χ0v) is 19.6. The number of methoxy groups -OCH3 is 1. The van der Waals surface area contributed by atoms with Crippen molar-refractivity contribution >= 4 is 32.8 Å². The molecule has 4 aromatic rings. The van der Waals surface area contributed by atoms with Gasteiger partial charge in [0, 0.05) is 35.6 Å². The van der Waals surface area contributed by atoms with Crippen LogP contribution in [0.15, 0.2) is 30.6 Å². The number of nitrogens with one attached hydrogen (secondary N) is 3. The van der Waals surface area contributed by atoms with Gasteiger partial charge >= 0.3 is 0 Å². The third-order valence-corrected chi connectivity index (χ3v) is 7.28. The van der Waals surface area contributed by atoms with Crippen molar-refractivity contribution in [2.75, 3.05) is 19.4 Å². The van der Waals surface area contributed by atoms with E-state index in [0.717, 1.165) is 44.0 Å². The fraction of sp³-hybridized carbons (Fsp3) is 0.391. The number of hydrogen-bond donors (Lipinski definition) is 4. The zero-order chi connectivity index (χ0) is 22.4. The first kappa shape index (κ1) is 21.1. The van der Waals surface area contributed by atoms with Crippen LogP contribution in [0, 0.1) is 6.92 Å². The minimum Gasteiger partial charge on any atom is -0.495 e. The summed E-state index contributed by atoms with van der Waals surface area (Å²) in [5.74, 6) is 1.37. The van der Waals surface area contributed by atoms with Gasteiger partial charge in [0.05, 0.1) is 23.7 Å². The fourth-order valence-electron chi connectivity index (χ4n) is 4.44. The van der Waals surface area contributed by atoms with Gasteiger partial charge in [0.15, 0.2) is 5.82 Å². The highest BCUT2D eigenvalue weighted by atomic mass is 32.1. The molecule has 0 aliphatic carbocycles. The van der Waals surface area contributed by atoms with Crippen molar-refractivity contribution in [3.63, 3.8) is 0 Å². The summed E-state index contributed by atoms with van der Waals surface area (Å²) in [7, 11) is 1.72. The molecule has 5 N–H and O–H groups in total. The van der Waals surface area contributed by atoms with Gasteiger partial charge in [0.25, 0.3) is 0 Å². The zero-order valence-electron chi connectivity index (χ0n) is 18.8. The second-order valence-electron chi connectivity index (χ2n) is 8.57. The van der Waals surface area contributed by atoms with Crippen LogP contribution in [0.2, 0.25) is 0 Å². The Morgan fingerprint density at radius 3 is 2.94 bits per heavy atom. The number of fused-ring (bicyclic) bond motifs is 2. The summed E-state index contributed by atoms with van der Waals surface area (Å²) < 4.78 is 8.66. The van der Waals surface area contributed by atoms with E-state index >= 15 is 0 Å². The standard InChI is InChI=1S/C23H29N7OS/c1-12-5-15-7-19(32-21(15)18(6-12)31-4)17-8-16(30-20(17)22(24)27-11-28-30)10-26-23-14(3)25-9-13(2)29-23/h5-8,11,13-14,23,25-26,29H,9-10H2,1-4H3,(H2,24,27,28). The lowest BCUT2D eigenvalue weighted by Gasteiger charge is -2.35. The first-order chi connectivity index (χ1) is 15.4. The van der Waals surface area contributed by atoms with Crippen LogP contribution >= 0.6 is 11.3 Å². The van der Waals surface area contributed by atoms with Gasteiger partial charge in [0.1, 0.15) is 17.6 Å². The Morgan fingerprint density at radius 2 is 2.12 bits per heavy atom. The number of anilines is 1. The number of nitrogens with zero attached hydrogens (tertiary/aromatic N) is 3. The average molecular weight is 452 g/mol. The van der Waals surface area contributed by atoms with Crippen LogP contribution in [0.3, 0.4) is 0 Å². The maximum absolute atomic E-state index is 6.33. The van der Waals surface area contributed by atoms with Crippen molar-refractivity contribution in [1.29, 1.82) is 0 Å². The number of nitrogen functional groups attached to an aromatic ring is 1. The lowest BCUT2D eigenvalue weighted by molar-refractivity contribution is 0.249. The van der Waals surface area contributed by atoms with Gasteiger partial charge in [-0.25, -0.2) is 9.50 Å². The summed E-state index contributed by atoms with van der Waals surface area (Å²) in [6.07, 6.45) is 1.68. The highest BCUT2D eigenvalue weighted by Gasteiger charge is 2.25. The lowest BCUT2D eigenvalue weighted by Crippen LogP contribution is -2.64. The highest BCUT2D eigenvalue weighted by molar-refractivity contribution is 7.22. The highest BCUT2D eigenvalue weighted by Crippen LogP contribution is 2.42. The molecule has 0 saturated carbocycles. The van der Waals surface area contributed by atoms with Gasteiger partial charge in [-0.1, -0.05) is 6.07 Å². The molecule has 0 bridgehead atoms. The molecule has 1 fully saturated rings. The van der Waals surface area contributed by atoms with Gasteiger partial charge in [-0.2, -0.15) is 5.10 Å². The fourth-order valence-corrected chi connectivity index (χ4v) is 5.59. The molecule has 1 saturated heterocycles. The van der Waals surface area contributed by atoms with E-state index in [4.69, 9.17) is 10.5 Å². The van der Waals surface area contributed by atoms with Gasteiger partial charge in [0.2, 0.25) is 0 Å². The molecule has 9 heteroatoms. The van der Waals surface area contributed by atoms with E-state index in [-0.39, 0.29) is 6.17 Å². The maximum atomic E-state index is 6.33. The third-order valence-electron chi connectivity index (χ3n) is 6.08. The van der Waals surface area contributed by atoms with E-state index in [1.54, 1.807) is 18.4 Å². The van der Waals surface area contributed by atoms with E-state index in [9.17, 15) is 0 Å². The van der Waals surface area contributed by atoms with Crippen molar-refractivity contribution in [2.24, 2.45) is 0 Å². The number of aromatic nitrogens is 3. The maximum Gasteiger partial charge on any atom is 0.152 e. The van der Waals surface area contributed by atoms with E-state index in [2.05, 4.69) is 71.1 Å². The van der Waals surface area contributed by atoms with Crippen molar-refractivity contribution < 1.29 is 4.74 Å². The molecule has 5 rings (SSSR count). The number of nitrogens with two attached hydrogens (primary N) is 1. The first-order valence-electron chi connectivity index (χ1n) is 10.9. The molecule has 32 heavy (non-hydrogen) atoms. The summed E-state index contributed by atoms with van der Waals surface area (Å²) in [6, 6.07) is 9.36. The Labute approximate surface area is 191 Å². The van der Waals surface area contributed by atoms with Crippen LogP contribution in [-0.4, -0.2) is 46.5 Å². The van der Waals surface area contributed by atoms with Crippen LogP contribution in [0.5, 0.6) is 5.75 Å². The summed E-state index contributed by atoms with van der Waals surface area (Å²) in [4.78, 5) is 5.38. The van der Waals surface area contributed by atoms with E-state index in [1.807, 2.05) is 4.52 Å². The van der Waals surface area contributed by atoms with Crippen LogP contribution in [0.1, 0.15) is 25.1 Å². The smallest absolute Gasteiger partial charge is 0.152 e. The molecule has 3 atom stereocenters. The number of ether oxygens (including phenoxy) is 1. The Hall–Kier alpha value is -2.72. The number of rotatable bonds is 5. The Morgan fingerprint density at radius 1 is 1.28 bits per heavy atom. The number of thiophene rings is 1. The predicted octanol–water partition coefficient (Wildman–Crippen LogP) is 2.90. The molecular formula is C23H29N7OS. The van der Waals surface area contributed by atoms with Gasteiger partial charge in [-0.05, 0) is 49.9 Å². The Balaban J connectivity index is 1.55. The van der Waals surface area contributed by atoms with Crippen molar-refractivity contribution in [1.82, 2.24) is 30.5 Å². The number of aryl methyl sites for hydroxylation is 1. The summed E-state index contributed by atoms with van der Waals surface area (Å²) >= 11 is 1.70. The molecule has 3 aromatic heterocycles. The molecule has 0 spiro atoms. The molecular weight excluding hydrogens is 422 g/mol. The van der Waals surface area contributed by atoms with Crippen molar-refractivity contribution in [3.05, 3.63) is 41.9 Å². The molecule has 4 heterocycles. The van der Waals surface area contributed by atoms with E-state index < -0.39 is 0 Å². The summed E-state index contributed by atoms with van der Waals surface area (Å²) in [5.41, 5.74) is 10.4. The number of piperazine rings is 1. The molecule has 1 aromatic carbocycles. The molecule has 1 aliphatic heterocycles. The second-order valence-corrected chi connectivity index (χ2v) is 9.63. The van der Waals surface area contributed by atoms with Gasteiger partial charge < -0.3 is 15.8 Å². The predicted molar refractivity (Wildman–Crippen MR) is 130 cm³/mol. The van der Waals surface area contributed by atoms with Crippen LogP contribution in [0.25, 0.3) is 26.0 Å². The molecule has 0 radical (unpaired) electrons. The molecule has 1 aliphatic rings. The Bertz CT molecular complexity index is 1280. The summed E-state index contributed by atoms with van der Waals surface area (Å²) in [6.45, 7) is 8.07. The first-order valence-corrected chi connectivity index (χ1v) is 11.7. The lowest BCUT2D eigenvalue weighted by atomic mass is 10.1. The van der Waals surface area contributed by atoms with Gasteiger partial charge in [-0.15, -0.1) is 11.3 Å².